The summed E-state index contributed by atoms with van der Waals surface area (Å²) in [7, 11) is 1.78. The summed E-state index contributed by atoms with van der Waals surface area (Å²) in [6.45, 7) is 3.86. The van der Waals surface area contributed by atoms with Crippen molar-refractivity contribution in [2.45, 2.75) is 13.8 Å². The van der Waals surface area contributed by atoms with Crippen LogP contribution < -0.4 is 10.9 Å². The van der Waals surface area contributed by atoms with Crippen LogP contribution in [-0.4, -0.2) is 24.8 Å². The van der Waals surface area contributed by atoms with Crippen molar-refractivity contribution >= 4 is 22.5 Å². The van der Waals surface area contributed by atoms with Gasteiger partial charge >= 0.3 is 0 Å². The lowest BCUT2D eigenvalue weighted by Gasteiger charge is -2.12. The number of hydrogen-bond donors (Lipinski definition) is 2. The maximum atomic E-state index is 13.1. The zero-order valence-corrected chi connectivity index (χ0v) is 18.3. The lowest BCUT2D eigenvalue weighted by atomic mass is 10.00. The maximum Gasteiger partial charge on any atom is 0.268 e. The lowest BCUT2D eigenvalue weighted by molar-refractivity contribution is 0.432. The second kappa shape index (κ2) is 7.90. The van der Waals surface area contributed by atoms with Crippen LogP contribution >= 0.6 is 0 Å². The molecule has 0 aliphatic carbocycles. The number of aromatic hydroxyl groups is 1. The molecule has 5 rings (SSSR count). The lowest BCUT2D eigenvalue weighted by Crippen LogP contribution is -2.19. The molecule has 2 aromatic carbocycles. The number of nitrogens with zero attached hydrogens (tertiary/aromatic N) is 4. The van der Waals surface area contributed by atoms with E-state index in [-0.39, 0.29) is 11.3 Å². The average Bonchev–Trinajstić information content (AvgIpc) is 3.26. The molecule has 0 spiro atoms. The highest BCUT2D eigenvalue weighted by atomic mass is 16.5. The first kappa shape index (κ1) is 20.4. The molecule has 0 saturated carbocycles. The van der Waals surface area contributed by atoms with Gasteiger partial charge in [-0.25, -0.2) is 0 Å². The van der Waals surface area contributed by atoms with Crippen molar-refractivity contribution in [2.24, 2.45) is 7.05 Å². The van der Waals surface area contributed by atoms with Gasteiger partial charge in [-0.2, -0.15) is 4.98 Å². The highest BCUT2D eigenvalue weighted by molar-refractivity contribution is 5.84. The zero-order valence-electron chi connectivity index (χ0n) is 18.3. The van der Waals surface area contributed by atoms with Gasteiger partial charge in [-0.3, -0.25) is 9.78 Å². The molecular formula is C25H21N5O3. The summed E-state index contributed by atoms with van der Waals surface area (Å²) in [6, 6.07) is 16.0. The summed E-state index contributed by atoms with van der Waals surface area (Å²) < 4.78 is 6.97. The van der Waals surface area contributed by atoms with Crippen molar-refractivity contribution in [3.05, 3.63) is 82.4 Å². The van der Waals surface area contributed by atoms with E-state index < -0.39 is 0 Å². The second-order valence-corrected chi connectivity index (χ2v) is 7.93. The van der Waals surface area contributed by atoms with Crippen LogP contribution in [-0.2, 0) is 7.05 Å². The first-order chi connectivity index (χ1) is 15.9. The van der Waals surface area contributed by atoms with Gasteiger partial charge in [0.15, 0.2) is 0 Å². The normalized spacial score (nSPS) is 11.1. The van der Waals surface area contributed by atoms with Gasteiger partial charge in [0, 0.05) is 41.1 Å². The van der Waals surface area contributed by atoms with E-state index in [1.165, 1.54) is 0 Å². The van der Waals surface area contributed by atoms with Crippen molar-refractivity contribution in [1.29, 1.82) is 0 Å². The summed E-state index contributed by atoms with van der Waals surface area (Å²) in [4.78, 5) is 21.8. The summed E-state index contributed by atoms with van der Waals surface area (Å²) in [5.41, 5.74) is 5.53. The van der Waals surface area contributed by atoms with E-state index in [1.54, 1.807) is 42.1 Å². The van der Waals surface area contributed by atoms with E-state index in [1.807, 2.05) is 44.2 Å². The van der Waals surface area contributed by atoms with Gasteiger partial charge < -0.3 is 19.5 Å². The number of pyridine rings is 2. The van der Waals surface area contributed by atoms with Crippen molar-refractivity contribution in [3.63, 3.8) is 0 Å². The fourth-order valence-electron chi connectivity index (χ4n) is 3.83. The summed E-state index contributed by atoms with van der Waals surface area (Å²) in [6.07, 6.45) is 1.79. The molecule has 5 aromatic rings. The van der Waals surface area contributed by atoms with Crippen LogP contribution in [0.1, 0.15) is 11.3 Å². The number of rotatable bonds is 4. The molecule has 3 heterocycles. The second-order valence-electron chi connectivity index (χ2n) is 7.93. The van der Waals surface area contributed by atoms with E-state index in [0.29, 0.717) is 23.0 Å². The Hall–Kier alpha value is -4.46. The Morgan fingerprint density at radius 3 is 2.55 bits per heavy atom. The predicted molar refractivity (Wildman–Crippen MR) is 127 cm³/mol. The molecule has 0 aliphatic heterocycles. The topological polar surface area (TPSA) is 106 Å². The van der Waals surface area contributed by atoms with Gasteiger partial charge in [-0.05, 0) is 78.7 Å². The SMILES string of the molecule is Cc1cc2c(cn1)cc(-c1ccc(Nc3noc(-c4ccc(O)cc4)n3)cc1C)c(=O)n2C. The Morgan fingerprint density at radius 2 is 1.79 bits per heavy atom. The van der Waals surface area contributed by atoms with E-state index in [2.05, 4.69) is 20.4 Å². The van der Waals surface area contributed by atoms with Crippen LogP contribution in [0.5, 0.6) is 5.75 Å². The molecule has 2 N–H and O–H groups in total. The molecule has 0 aliphatic rings. The molecule has 0 fully saturated rings. The van der Waals surface area contributed by atoms with Crippen molar-refractivity contribution < 1.29 is 9.63 Å². The number of nitrogens with one attached hydrogen (secondary N) is 1. The van der Waals surface area contributed by atoms with E-state index >= 15 is 0 Å². The Bertz CT molecular complexity index is 1550. The first-order valence-electron chi connectivity index (χ1n) is 10.4. The summed E-state index contributed by atoms with van der Waals surface area (Å²) >= 11 is 0. The van der Waals surface area contributed by atoms with Gasteiger partial charge in [0.05, 0.1) is 5.52 Å². The molecule has 33 heavy (non-hydrogen) atoms. The van der Waals surface area contributed by atoms with Gasteiger partial charge in [0.2, 0.25) is 0 Å². The molecule has 0 saturated heterocycles. The molecule has 3 aromatic heterocycles. The number of anilines is 2. The van der Waals surface area contributed by atoms with Gasteiger partial charge in [0.1, 0.15) is 5.75 Å². The summed E-state index contributed by atoms with van der Waals surface area (Å²) in [5, 5.41) is 17.4. The van der Waals surface area contributed by atoms with Crippen LogP contribution in [0.2, 0.25) is 0 Å². The third-order valence-electron chi connectivity index (χ3n) is 5.56. The smallest absolute Gasteiger partial charge is 0.268 e. The highest BCUT2D eigenvalue weighted by Gasteiger charge is 2.13. The molecule has 0 atom stereocenters. The van der Waals surface area contributed by atoms with Crippen molar-refractivity contribution in [3.8, 4) is 28.3 Å². The first-order valence-corrected chi connectivity index (χ1v) is 10.4. The number of aromatic nitrogens is 4. The van der Waals surface area contributed by atoms with Crippen molar-refractivity contribution in [1.82, 2.24) is 19.7 Å². The Morgan fingerprint density at radius 1 is 1.00 bits per heavy atom. The van der Waals surface area contributed by atoms with Crippen molar-refractivity contribution in [2.75, 3.05) is 5.32 Å². The molecule has 0 unspecified atom stereocenters. The predicted octanol–water partition coefficient (Wildman–Crippen LogP) is 4.72. The molecule has 8 heteroatoms. The number of fused-ring (bicyclic) bond motifs is 1. The number of aryl methyl sites for hydroxylation is 3. The quantitative estimate of drug-likeness (QED) is 0.417. The van der Waals surface area contributed by atoms with Crippen LogP contribution in [0.3, 0.4) is 0 Å². The number of phenols is 1. The van der Waals surface area contributed by atoms with Gasteiger partial charge in [-0.15, -0.1) is 0 Å². The fraction of sp³-hybridized carbons (Fsp3) is 0.120. The molecule has 8 nitrogen and oxygen atoms in total. The molecule has 0 bridgehead atoms. The standard InChI is InChI=1S/C25H21N5O3/c1-14-10-18(27-25-28-23(33-29-25)16-4-7-19(31)8-5-16)6-9-20(14)21-12-17-13-26-15(2)11-22(17)30(3)24(21)32/h4-13,31H,1-3H3,(H,27,29). The minimum atomic E-state index is -0.0615. The average molecular weight is 439 g/mol. The Labute approximate surface area is 189 Å². The van der Waals surface area contributed by atoms with Crippen LogP contribution in [0.4, 0.5) is 11.6 Å². The molecule has 0 amide bonds. The minimum absolute atomic E-state index is 0.0615. The number of hydrogen-bond acceptors (Lipinski definition) is 7. The van der Waals surface area contributed by atoms with Crippen LogP contribution in [0, 0.1) is 13.8 Å². The highest BCUT2D eigenvalue weighted by Crippen LogP contribution is 2.28. The zero-order chi connectivity index (χ0) is 23.1. The van der Waals surface area contributed by atoms with E-state index in [4.69, 9.17) is 4.52 Å². The minimum Gasteiger partial charge on any atom is -0.508 e. The Kier molecular flexibility index (Phi) is 4.90. The largest absolute Gasteiger partial charge is 0.508 e. The number of benzene rings is 2. The summed E-state index contributed by atoms with van der Waals surface area (Å²) in [5.74, 6) is 0.822. The fourth-order valence-corrected chi connectivity index (χ4v) is 3.83. The van der Waals surface area contributed by atoms with Gasteiger partial charge in [0.25, 0.3) is 17.4 Å². The molecule has 0 radical (unpaired) electrons. The van der Waals surface area contributed by atoms with E-state index in [9.17, 15) is 9.90 Å². The van der Waals surface area contributed by atoms with E-state index in [0.717, 1.165) is 33.4 Å². The maximum absolute atomic E-state index is 13.1. The Balaban J connectivity index is 1.45. The van der Waals surface area contributed by atoms with Gasteiger partial charge in [-0.1, -0.05) is 6.07 Å². The van der Waals surface area contributed by atoms with Crippen LogP contribution in [0.25, 0.3) is 33.5 Å². The monoisotopic (exact) mass is 439 g/mol. The number of phenolic OH excluding ortho intramolecular Hbond substituents is 1. The third kappa shape index (κ3) is 3.82. The molecular weight excluding hydrogens is 418 g/mol. The third-order valence-corrected chi connectivity index (χ3v) is 5.56. The van der Waals surface area contributed by atoms with Crippen LogP contribution in [0.15, 0.2) is 70.1 Å². The molecule has 164 valence electrons.